The van der Waals surface area contributed by atoms with Crippen LogP contribution in [-0.2, 0) is 16.3 Å². The lowest BCUT2D eigenvalue weighted by Crippen LogP contribution is -2.32. The van der Waals surface area contributed by atoms with Crippen molar-refractivity contribution in [3.05, 3.63) is 35.6 Å². The Morgan fingerprint density at radius 3 is 2.24 bits per heavy atom. The average molecular weight is 315 g/mol. The van der Waals surface area contributed by atoms with Crippen LogP contribution in [0, 0.1) is 11.7 Å². The molecule has 1 N–H and O–H groups in total. The fourth-order valence-corrected chi connectivity index (χ4v) is 3.40. The minimum atomic E-state index is -3.10. The van der Waals surface area contributed by atoms with Crippen LogP contribution in [0.2, 0.25) is 0 Å². The van der Waals surface area contributed by atoms with Crippen molar-refractivity contribution in [1.82, 2.24) is 5.32 Å². The van der Waals surface area contributed by atoms with Gasteiger partial charge in [-0.3, -0.25) is 0 Å². The highest BCUT2D eigenvalue weighted by Gasteiger charge is 2.29. The summed E-state index contributed by atoms with van der Waals surface area (Å²) in [5.41, 5.74) is 1.03. The molecule has 0 fully saturated rings. The number of sulfone groups is 1. The van der Waals surface area contributed by atoms with Crippen molar-refractivity contribution in [1.29, 1.82) is 0 Å². The summed E-state index contributed by atoms with van der Waals surface area (Å²) < 4.78 is 36.6. The number of nitrogens with one attached hydrogen (secondary N) is 1. The van der Waals surface area contributed by atoms with Gasteiger partial charge in [-0.1, -0.05) is 12.1 Å². The zero-order valence-corrected chi connectivity index (χ0v) is 14.1. The third-order valence-electron chi connectivity index (χ3n) is 3.66. The van der Waals surface area contributed by atoms with Crippen molar-refractivity contribution in [2.75, 3.05) is 19.3 Å². The molecule has 0 aliphatic carbocycles. The molecule has 3 nitrogen and oxygen atoms in total. The smallest absolute Gasteiger partial charge is 0.155 e. The number of halogens is 1. The lowest BCUT2D eigenvalue weighted by atomic mass is 9.97. The second kappa shape index (κ2) is 7.36. The second-order valence-corrected chi connectivity index (χ2v) is 9.34. The van der Waals surface area contributed by atoms with Gasteiger partial charge in [-0.2, -0.15) is 0 Å². The van der Waals surface area contributed by atoms with Crippen molar-refractivity contribution in [2.45, 2.75) is 38.4 Å². The quantitative estimate of drug-likeness (QED) is 0.841. The Morgan fingerprint density at radius 1 is 1.19 bits per heavy atom. The lowest BCUT2D eigenvalue weighted by Gasteiger charge is -2.22. The molecular weight excluding hydrogens is 289 g/mol. The summed E-state index contributed by atoms with van der Waals surface area (Å²) in [6.45, 7) is 5.94. The molecule has 1 aromatic rings. The Labute approximate surface area is 127 Å². The summed E-state index contributed by atoms with van der Waals surface area (Å²) in [5, 5.41) is 3.11. The Hall–Kier alpha value is -0.940. The van der Waals surface area contributed by atoms with Gasteiger partial charge in [-0.05, 0) is 70.8 Å². The molecule has 120 valence electrons. The highest BCUT2D eigenvalue weighted by atomic mass is 32.2. The van der Waals surface area contributed by atoms with Gasteiger partial charge < -0.3 is 5.32 Å². The lowest BCUT2D eigenvalue weighted by molar-refractivity contribution is 0.473. The van der Waals surface area contributed by atoms with E-state index < -0.39 is 14.6 Å². The van der Waals surface area contributed by atoms with Crippen LogP contribution in [0.3, 0.4) is 0 Å². The zero-order chi connectivity index (χ0) is 16.1. The zero-order valence-electron chi connectivity index (χ0n) is 13.3. The SMILES string of the molecule is CNCC(CCS(=O)(=O)C(C)(C)C)Cc1ccc(F)cc1. The van der Waals surface area contributed by atoms with Crippen LogP contribution in [-0.4, -0.2) is 32.5 Å². The van der Waals surface area contributed by atoms with Crippen molar-refractivity contribution >= 4 is 9.84 Å². The van der Waals surface area contributed by atoms with E-state index in [9.17, 15) is 12.8 Å². The molecule has 0 aliphatic heterocycles. The second-order valence-electron chi connectivity index (χ2n) is 6.47. The summed E-state index contributed by atoms with van der Waals surface area (Å²) in [6, 6.07) is 6.40. The summed E-state index contributed by atoms with van der Waals surface area (Å²) >= 11 is 0. The monoisotopic (exact) mass is 315 g/mol. The summed E-state index contributed by atoms with van der Waals surface area (Å²) in [6.07, 6.45) is 1.36. The number of hydrogen-bond acceptors (Lipinski definition) is 3. The maximum Gasteiger partial charge on any atom is 0.155 e. The maximum absolute atomic E-state index is 12.9. The first kappa shape index (κ1) is 18.1. The molecule has 0 saturated heterocycles. The number of rotatable bonds is 7. The van der Waals surface area contributed by atoms with E-state index in [1.165, 1.54) is 12.1 Å². The van der Waals surface area contributed by atoms with Crippen molar-refractivity contribution in [2.24, 2.45) is 5.92 Å². The van der Waals surface area contributed by atoms with Crippen LogP contribution in [0.5, 0.6) is 0 Å². The van der Waals surface area contributed by atoms with Crippen LogP contribution < -0.4 is 5.32 Å². The van der Waals surface area contributed by atoms with Gasteiger partial charge >= 0.3 is 0 Å². The van der Waals surface area contributed by atoms with E-state index in [4.69, 9.17) is 0 Å². The molecule has 0 radical (unpaired) electrons. The fourth-order valence-electron chi connectivity index (χ4n) is 2.15. The van der Waals surface area contributed by atoms with Gasteiger partial charge in [0.2, 0.25) is 0 Å². The predicted octanol–water partition coefficient (Wildman–Crippen LogP) is 2.81. The molecule has 0 bridgehead atoms. The van der Waals surface area contributed by atoms with E-state index in [2.05, 4.69) is 5.32 Å². The topological polar surface area (TPSA) is 46.2 Å². The molecule has 0 amide bonds. The van der Waals surface area contributed by atoms with Crippen molar-refractivity contribution in [3.63, 3.8) is 0 Å². The standard InChI is InChI=1S/C16H26FNO2S/c1-16(2,3)21(19,20)10-9-14(12-18-4)11-13-5-7-15(17)8-6-13/h5-8,14,18H,9-12H2,1-4H3. The molecule has 0 aromatic heterocycles. The first-order valence-corrected chi connectivity index (χ1v) is 8.92. The van der Waals surface area contributed by atoms with Gasteiger partial charge in [0.05, 0.1) is 10.5 Å². The molecule has 1 aromatic carbocycles. The minimum Gasteiger partial charge on any atom is -0.319 e. The third-order valence-corrected chi connectivity index (χ3v) is 6.30. The highest BCUT2D eigenvalue weighted by Crippen LogP contribution is 2.20. The molecule has 5 heteroatoms. The van der Waals surface area contributed by atoms with E-state index in [1.807, 2.05) is 7.05 Å². The van der Waals surface area contributed by atoms with E-state index in [0.29, 0.717) is 6.42 Å². The molecule has 0 saturated carbocycles. The summed E-state index contributed by atoms with van der Waals surface area (Å²) in [5.74, 6) is 0.154. The minimum absolute atomic E-state index is 0.185. The van der Waals surface area contributed by atoms with Crippen LogP contribution in [0.15, 0.2) is 24.3 Å². The number of benzene rings is 1. The average Bonchev–Trinajstić information content (AvgIpc) is 2.37. The summed E-state index contributed by atoms with van der Waals surface area (Å²) in [4.78, 5) is 0. The molecule has 0 heterocycles. The predicted molar refractivity (Wildman–Crippen MR) is 85.7 cm³/mol. The van der Waals surface area contributed by atoms with E-state index >= 15 is 0 Å². The van der Waals surface area contributed by atoms with Gasteiger partial charge in [0.15, 0.2) is 9.84 Å². The Morgan fingerprint density at radius 2 is 1.76 bits per heavy atom. The molecular formula is C16H26FNO2S. The molecule has 21 heavy (non-hydrogen) atoms. The normalized spacial score (nSPS) is 14.1. The first-order valence-electron chi connectivity index (χ1n) is 7.27. The van der Waals surface area contributed by atoms with Crippen LogP contribution in [0.4, 0.5) is 4.39 Å². The molecule has 1 rings (SSSR count). The van der Waals surface area contributed by atoms with Crippen molar-refractivity contribution < 1.29 is 12.8 Å². The van der Waals surface area contributed by atoms with Gasteiger partial charge in [0.25, 0.3) is 0 Å². The Bertz CT molecular complexity index is 532. The van der Waals surface area contributed by atoms with Crippen LogP contribution in [0.1, 0.15) is 32.8 Å². The highest BCUT2D eigenvalue weighted by molar-refractivity contribution is 7.92. The van der Waals surface area contributed by atoms with E-state index in [0.717, 1.165) is 18.5 Å². The largest absolute Gasteiger partial charge is 0.319 e. The molecule has 0 aliphatic rings. The van der Waals surface area contributed by atoms with Gasteiger partial charge in [0.1, 0.15) is 5.82 Å². The van der Waals surface area contributed by atoms with Crippen LogP contribution >= 0.6 is 0 Å². The van der Waals surface area contributed by atoms with E-state index in [-0.39, 0.29) is 17.5 Å². The third kappa shape index (κ3) is 5.75. The van der Waals surface area contributed by atoms with Gasteiger partial charge in [0, 0.05) is 0 Å². The van der Waals surface area contributed by atoms with E-state index in [1.54, 1.807) is 32.9 Å². The summed E-state index contributed by atoms with van der Waals surface area (Å²) in [7, 11) is -1.24. The first-order chi connectivity index (χ1) is 9.65. The maximum atomic E-state index is 12.9. The number of hydrogen-bond donors (Lipinski definition) is 1. The molecule has 0 spiro atoms. The Balaban J connectivity index is 2.68. The Kier molecular flexibility index (Phi) is 6.35. The molecule has 1 unspecified atom stereocenters. The van der Waals surface area contributed by atoms with Crippen molar-refractivity contribution in [3.8, 4) is 0 Å². The van der Waals surface area contributed by atoms with Crippen LogP contribution in [0.25, 0.3) is 0 Å². The molecule has 1 atom stereocenters. The fraction of sp³-hybridized carbons (Fsp3) is 0.625. The van der Waals surface area contributed by atoms with Gasteiger partial charge in [-0.25, -0.2) is 12.8 Å². The van der Waals surface area contributed by atoms with Gasteiger partial charge in [-0.15, -0.1) is 0 Å².